The minimum atomic E-state index is -1.21. The Bertz CT molecular complexity index is 456. The van der Waals surface area contributed by atoms with E-state index in [1.807, 2.05) is 0 Å². The van der Waals surface area contributed by atoms with Gasteiger partial charge in [-0.05, 0) is 12.8 Å². The zero-order valence-electron chi connectivity index (χ0n) is 8.60. The summed E-state index contributed by atoms with van der Waals surface area (Å²) in [5.74, 6) is -1.33. The lowest BCUT2D eigenvalue weighted by Crippen LogP contribution is -2.27. The van der Waals surface area contributed by atoms with Gasteiger partial charge in [-0.2, -0.15) is 0 Å². The number of aromatic carboxylic acids is 1. The van der Waals surface area contributed by atoms with E-state index >= 15 is 0 Å². The molecule has 0 aromatic carbocycles. The topological polar surface area (TPSA) is 110 Å². The molecule has 88 valence electrons. The molecule has 1 aliphatic heterocycles. The number of carbonyl (C=O) groups is 1. The van der Waals surface area contributed by atoms with Crippen LogP contribution in [0.4, 0.5) is 5.82 Å². The van der Waals surface area contributed by atoms with Crippen molar-refractivity contribution >= 4 is 11.8 Å². The Kier molecular flexibility index (Phi) is 2.69. The SMILES string of the molecule is Nc1[nH]c(=O)n(CC2CCCO2)c1C(=O)O. The normalized spacial score (nSPS) is 20.1. The molecule has 0 amide bonds. The van der Waals surface area contributed by atoms with Crippen LogP contribution in [0.15, 0.2) is 4.79 Å². The molecule has 1 aromatic heterocycles. The highest BCUT2D eigenvalue weighted by Crippen LogP contribution is 2.15. The molecule has 1 fully saturated rings. The van der Waals surface area contributed by atoms with Crippen LogP contribution < -0.4 is 11.4 Å². The monoisotopic (exact) mass is 227 g/mol. The molecule has 1 aliphatic rings. The van der Waals surface area contributed by atoms with Gasteiger partial charge in [-0.15, -0.1) is 0 Å². The summed E-state index contributed by atoms with van der Waals surface area (Å²) in [6.45, 7) is 0.885. The summed E-state index contributed by atoms with van der Waals surface area (Å²) in [6, 6.07) is 0. The quantitative estimate of drug-likeness (QED) is 0.652. The lowest BCUT2D eigenvalue weighted by atomic mass is 10.2. The number of anilines is 1. The summed E-state index contributed by atoms with van der Waals surface area (Å²) in [7, 11) is 0. The molecule has 2 rings (SSSR count). The van der Waals surface area contributed by atoms with Crippen LogP contribution in [0, 0.1) is 0 Å². The van der Waals surface area contributed by atoms with E-state index < -0.39 is 11.7 Å². The number of nitrogen functional groups attached to an aromatic ring is 1. The first kappa shape index (κ1) is 10.7. The van der Waals surface area contributed by atoms with E-state index in [0.29, 0.717) is 6.61 Å². The Labute approximate surface area is 90.8 Å². The number of aromatic nitrogens is 2. The van der Waals surface area contributed by atoms with E-state index in [-0.39, 0.29) is 24.2 Å². The fraction of sp³-hybridized carbons (Fsp3) is 0.556. The van der Waals surface area contributed by atoms with Gasteiger partial charge in [-0.1, -0.05) is 0 Å². The van der Waals surface area contributed by atoms with Gasteiger partial charge in [0.1, 0.15) is 5.82 Å². The second kappa shape index (κ2) is 4.01. The highest BCUT2D eigenvalue weighted by molar-refractivity contribution is 5.90. The number of nitrogens with zero attached hydrogens (tertiary/aromatic N) is 1. The number of rotatable bonds is 3. The summed E-state index contributed by atoms with van der Waals surface area (Å²) in [5, 5.41) is 8.93. The van der Waals surface area contributed by atoms with Gasteiger partial charge in [0.2, 0.25) is 0 Å². The Balaban J connectivity index is 2.31. The zero-order valence-corrected chi connectivity index (χ0v) is 8.60. The first-order valence-corrected chi connectivity index (χ1v) is 5.02. The molecule has 1 aromatic rings. The molecule has 4 N–H and O–H groups in total. The minimum absolute atomic E-state index is 0.106. The van der Waals surface area contributed by atoms with Crippen LogP contribution >= 0.6 is 0 Å². The number of hydrogen-bond acceptors (Lipinski definition) is 4. The van der Waals surface area contributed by atoms with Gasteiger partial charge >= 0.3 is 11.7 Å². The molecule has 0 bridgehead atoms. The summed E-state index contributed by atoms with van der Waals surface area (Å²) in [6.07, 6.45) is 1.66. The van der Waals surface area contributed by atoms with Crippen molar-refractivity contribution in [1.29, 1.82) is 0 Å². The van der Waals surface area contributed by atoms with Gasteiger partial charge in [-0.3, -0.25) is 9.55 Å². The third kappa shape index (κ3) is 1.81. The lowest BCUT2D eigenvalue weighted by Gasteiger charge is -2.10. The third-order valence-electron chi connectivity index (χ3n) is 2.62. The average Bonchev–Trinajstić information content (AvgIpc) is 2.76. The van der Waals surface area contributed by atoms with Gasteiger partial charge in [0.15, 0.2) is 5.69 Å². The number of aromatic amines is 1. The number of H-pyrrole nitrogens is 1. The molecule has 0 radical (unpaired) electrons. The second-order valence-electron chi connectivity index (χ2n) is 3.74. The molecule has 0 aliphatic carbocycles. The van der Waals surface area contributed by atoms with Gasteiger partial charge in [0.05, 0.1) is 12.6 Å². The van der Waals surface area contributed by atoms with Gasteiger partial charge < -0.3 is 15.6 Å². The number of nitrogens with two attached hydrogens (primary N) is 1. The average molecular weight is 227 g/mol. The van der Waals surface area contributed by atoms with Crippen molar-refractivity contribution in [2.75, 3.05) is 12.3 Å². The molecule has 0 spiro atoms. The van der Waals surface area contributed by atoms with Crippen LogP contribution in [-0.4, -0.2) is 33.3 Å². The Morgan fingerprint density at radius 3 is 3.00 bits per heavy atom. The Morgan fingerprint density at radius 2 is 2.44 bits per heavy atom. The molecule has 1 saturated heterocycles. The lowest BCUT2D eigenvalue weighted by molar-refractivity contribution is 0.0671. The molecule has 0 saturated carbocycles. The van der Waals surface area contributed by atoms with Crippen molar-refractivity contribution in [1.82, 2.24) is 9.55 Å². The first-order chi connectivity index (χ1) is 7.59. The van der Waals surface area contributed by atoms with E-state index in [9.17, 15) is 9.59 Å². The van der Waals surface area contributed by atoms with Crippen LogP contribution in [0.1, 0.15) is 23.3 Å². The maximum atomic E-state index is 11.5. The van der Waals surface area contributed by atoms with E-state index in [0.717, 1.165) is 17.4 Å². The number of ether oxygens (including phenoxy) is 1. The predicted octanol–water partition coefficient (Wildman–Crippen LogP) is -0.364. The number of nitrogens with one attached hydrogen (secondary N) is 1. The maximum absolute atomic E-state index is 11.5. The van der Waals surface area contributed by atoms with Crippen molar-refractivity contribution in [2.45, 2.75) is 25.5 Å². The van der Waals surface area contributed by atoms with Crippen molar-refractivity contribution in [3.63, 3.8) is 0 Å². The largest absolute Gasteiger partial charge is 0.476 e. The smallest absolute Gasteiger partial charge is 0.356 e. The Morgan fingerprint density at radius 1 is 1.69 bits per heavy atom. The van der Waals surface area contributed by atoms with Gasteiger partial charge in [0, 0.05) is 6.61 Å². The second-order valence-corrected chi connectivity index (χ2v) is 3.74. The number of hydrogen-bond donors (Lipinski definition) is 3. The number of carboxylic acids is 1. The summed E-state index contributed by atoms with van der Waals surface area (Å²) in [4.78, 5) is 24.7. The summed E-state index contributed by atoms with van der Waals surface area (Å²) in [5.41, 5.74) is 4.72. The molecule has 1 unspecified atom stereocenters. The number of carboxylic acid groups (broad SMARTS) is 1. The molecule has 7 heteroatoms. The Hall–Kier alpha value is -1.76. The first-order valence-electron chi connectivity index (χ1n) is 5.02. The highest BCUT2D eigenvalue weighted by Gasteiger charge is 2.23. The standard InChI is InChI=1S/C9H13N3O4/c10-7-6(8(13)14)12(9(15)11-7)4-5-2-1-3-16-5/h5H,1-4,10H2,(H,11,15)(H,13,14). The summed E-state index contributed by atoms with van der Waals surface area (Å²) >= 11 is 0. The van der Waals surface area contributed by atoms with Crippen molar-refractivity contribution in [3.05, 3.63) is 16.2 Å². The van der Waals surface area contributed by atoms with E-state index in [2.05, 4.69) is 4.98 Å². The number of imidazole rings is 1. The van der Waals surface area contributed by atoms with E-state index in [1.165, 1.54) is 0 Å². The van der Waals surface area contributed by atoms with Crippen LogP contribution in [0.25, 0.3) is 0 Å². The fourth-order valence-corrected chi connectivity index (χ4v) is 1.89. The molecular formula is C9H13N3O4. The van der Waals surface area contributed by atoms with Crippen molar-refractivity contribution in [2.24, 2.45) is 0 Å². The summed E-state index contributed by atoms with van der Waals surface area (Å²) < 4.78 is 6.47. The van der Waals surface area contributed by atoms with Crippen LogP contribution in [0.5, 0.6) is 0 Å². The van der Waals surface area contributed by atoms with E-state index in [4.69, 9.17) is 15.6 Å². The van der Waals surface area contributed by atoms with Crippen molar-refractivity contribution < 1.29 is 14.6 Å². The highest BCUT2D eigenvalue weighted by atomic mass is 16.5. The van der Waals surface area contributed by atoms with Crippen molar-refractivity contribution in [3.8, 4) is 0 Å². The molecule has 7 nitrogen and oxygen atoms in total. The van der Waals surface area contributed by atoms with Crippen LogP contribution in [-0.2, 0) is 11.3 Å². The minimum Gasteiger partial charge on any atom is -0.476 e. The maximum Gasteiger partial charge on any atom is 0.356 e. The van der Waals surface area contributed by atoms with E-state index in [1.54, 1.807) is 0 Å². The zero-order chi connectivity index (χ0) is 11.7. The fourth-order valence-electron chi connectivity index (χ4n) is 1.89. The van der Waals surface area contributed by atoms with Crippen LogP contribution in [0.3, 0.4) is 0 Å². The van der Waals surface area contributed by atoms with Gasteiger partial charge in [-0.25, -0.2) is 9.59 Å². The molecule has 1 atom stereocenters. The molecule has 16 heavy (non-hydrogen) atoms. The molecular weight excluding hydrogens is 214 g/mol. The predicted molar refractivity (Wildman–Crippen MR) is 55.4 cm³/mol. The van der Waals surface area contributed by atoms with Crippen LogP contribution in [0.2, 0.25) is 0 Å². The van der Waals surface area contributed by atoms with Gasteiger partial charge in [0.25, 0.3) is 0 Å². The third-order valence-corrected chi connectivity index (χ3v) is 2.62. The molecule has 2 heterocycles.